The highest BCUT2D eigenvalue weighted by atomic mass is 32.1. The quantitative estimate of drug-likeness (QED) is 0.756. The number of carbonyl (C=O) groups excluding carboxylic acids is 2. The Morgan fingerprint density at radius 2 is 2.05 bits per heavy atom. The van der Waals surface area contributed by atoms with E-state index in [4.69, 9.17) is 0 Å². The third-order valence-electron chi connectivity index (χ3n) is 3.12. The number of likely N-dealkylation sites (tertiary alicyclic amines) is 1. The van der Waals surface area contributed by atoms with Crippen molar-refractivity contribution in [3.8, 4) is 11.8 Å². The predicted octanol–water partition coefficient (Wildman–Crippen LogP) is 1.96. The van der Waals surface area contributed by atoms with Crippen molar-refractivity contribution in [3.05, 3.63) is 52.0 Å². The fraction of sp³-hybridized carbons (Fsp3) is 0.188. The molecule has 0 N–H and O–H groups in total. The number of amides is 1. The average Bonchev–Trinajstić information content (AvgIpc) is 3.14. The molecule has 5 heteroatoms. The minimum atomic E-state index is -0.133. The molecule has 0 saturated carbocycles. The largest absolute Gasteiger partial charge is 0.330 e. The van der Waals surface area contributed by atoms with E-state index in [0.717, 1.165) is 5.56 Å². The van der Waals surface area contributed by atoms with Gasteiger partial charge in [0.1, 0.15) is 4.88 Å². The lowest BCUT2D eigenvalue weighted by atomic mass is 10.2. The molecular formula is C16H12N2O2S. The smallest absolute Gasteiger partial charge is 0.266 e. The molecule has 1 fully saturated rings. The molecule has 0 aliphatic carbocycles. The molecule has 2 heterocycles. The van der Waals surface area contributed by atoms with E-state index in [0.29, 0.717) is 22.9 Å². The summed E-state index contributed by atoms with van der Waals surface area (Å²) in [5, 5.41) is 0.604. The number of hydrogen-bond acceptors (Lipinski definition) is 4. The molecule has 1 aromatic carbocycles. The van der Waals surface area contributed by atoms with Crippen molar-refractivity contribution in [2.24, 2.45) is 0 Å². The van der Waals surface area contributed by atoms with Gasteiger partial charge in [-0.15, -0.1) is 11.3 Å². The Kier molecular flexibility index (Phi) is 3.80. The number of benzene rings is 1. The summed E-state index contributed by atoms with van der Waals surface area (Å²) in [4.78, 5) is 29.6. The zero-order chi connectivity index (χ0) is 14.7. The Labute approximate surface area is 126 Å². The summed E-state index contributed by atoms with van der Waals surface area (Å²) >= 11 is 1.26. The van der Waals surface area contributed by atoms with Gasteiger partial charge in [-0.2, -0.15) is 0 Å². The van der Waals surface area contributed by atoms with E-state index in [1.807, 2.05) is 30.3 Å². The highest BCUT2D eigenvalue weighted by molar-refractivity contribution is 7.14. The molecule has 0 radical (unpaired) electrons. The van der Waals surface area contributed by atoms with Crippen molar-refractivity contribution >= 4 is 23.0 Å². The van der Waals surface area contributed by atoms with Crippen molar-refractivity contribution in [2.75, 3.05) is 13.1 Å². The second kappa shape index (κ2) is 5.90. The lowest BCUT2D eigenvalue weighted by Crippen LogP contribution is -2.27. The first kappa shape index (κ1) is 13.5. The standard InChI is InChI=1S/C16H12N2O2S/c19-13-8-9-18(11-13)16(20)14-10-17-15(21-14)7-6-12-4-2-1-3-5-12/h1-5,10H,8-9,11H2. The molecule has 0 unspecified atom stereocenters. The maximum absolute atomic E-state index is 12.2. The summed E-state index contributed by atoms with van der Waals surface area (Å²) in [5.41, 5.74) is 0.908. The van der Waals surface area contributed by atoms with Crippen LogP contribution in [0.1, 0.15) is 26.7 Å². The second-order valence-electron chi connectivity index (χ2n) is 4.66. The van der Waals surface area contributed by atoms with Crippen LogP contribution in [-0.2, 0) is 4.79 Å². The van der Waals surface area contributed by atoms with Gasteiger partial charge in [0.2, 0.25) is 0 Å². The van der Waals surface area contributed by atoms with Crippen LogP contribution in [0.25, 0.3) is 0 Å². The molecule has 1 aliphatic rings. The van der Waals surface area contributed by atoms with Crippen molar-refractivity contribution in [3.63, 3.8) is 0 Å². The normalized spacial score (nSPS) is 13.9. The second-order valence-corrected chi connectivity index (χ2v) is 5.69. The topological polar surface area (TPSA) is 50.3 Å². The highest BCUT2D eigenvalue weighted by Gasteiger charge is 2.25. The van der Waals surface area contributed by atoms with Crippen LogP contribution < -0.4 is 0 Å². The lowest BCUT2D eigenvalue weighted by Gasteiger charge is -2.11. The first-order chi connectivity index (χ1) is 10.2. The molecule has 1 amide bonds. The molecule has 1 aliphatic heterocycles. The Morgan fingerprint density at radius 3 is 2.76 bits per heavy atom. The summed E-state index contributed by atoms with van der Waals surface area (Å²) in [6, 6.07) is 9.62. The molecule has 104 valence electrons. The molecule has 4 nitrogen and oxygen atoms in total. The van der Waals surface area contributed by atoms with Crippen molar-refractivity contribution in [1.29, 1.82) is 0 Å². The van der Waals surface area contributed by atoms with Crippen molar-refractivity contribution in [1.82, 2.24) is 9.88 Å². The summed E-state index contributed by atoms with van der Waals surface area (Å²) in [5.74, 6) is 5.94. The van der Waals surface area contributed by atoms with Crippen LogP contribution in [0.2, 0.25) is 0 Å². The van der Waals surface area contributed by atoms with E-state index in [9.17, 15) is 9.59 Å². The summed E-state index contributed by atoms with van der Waals surface area (Å²) < 4.78 is 0. The van der Waals surface area contributed by atoms with Gasteiger partial charge in [0, 0.05) is 18.5 Å². The van der Waals surface area contributed by atoms with E-state index in [2.05, 4.69) is 16.8 Å². The molecule has 3 rings (SSSR count). The molecule has 21 heavy (non-hydrogen) atoms. The summed E-state index contributed by atoms with van der Waals surface area (Å²) in [7, 11) is 0. The van der Waals surface area contributed by atoms with E-state index in [-0.39, 0.29) is 18.2 Å². The predicted molar refractivity (Wildman–Crippen MR) is 80.1 cm³/mol. The Morgan fingerprint density at radius 1 is 1.24 bits per heavy atom. The van der Waals surface area contributed by atoms with E-state index in [1.165, 1.54) is 17.5 Å². The van der Waals surface area contributed by atoms with Gasteiger partial charge in [-0.1, -0.05) is 24.1 Å². The van der Waals surface area contributed by atoms with Gasteiger partial charge < -0.3 is 4.90 Å². The van der Waals surface area contributed by atoms with E-state index in [1.54, 1.807) is 4.90 Å². The number of aromatic nitrogens is 1. The number of nitrogens with zero attached hydrogens (tertiary/aromatic N) is 2. The van der Waals surface area contributed by atoms with E-state index < -0.39 is 0 Å². The Balaban J connectivity index is 1.73. The van der Waals surface area contributed by atoms with Gasteiger partial charge in [0.25, 0.3) is 5.91 Å². The maximum atomic E-state index is 12.2. The van der Waals surface area contributed by atoms with Crippen LogP contribution in [0, 0.1) is 11.8 Å². The first-order valence-corrected chi connectivity index (χ1v) is 7.38. The van der Waals surface area contributed by atoms with Crippen molar-refractivity contribution in [2.45, 2.75) is 6.42 Å². The number of thiazole rings is 1. The summed E-state index contributed by atoms with van der Waals surface area (Å²) in [6.45, 7) is 0.711. The maximum Gasteiger partial charge on any atom is 0.266 e. The molecule has 2 aromatic rings. The number of Topliss-reactive ketones (excluding diaryl/α,β-unsaturated/α-hetero) is 1. The van der Waals surface area contributed by atoms with Gasteiger partial charge in [-0.3, -0.25) is 9.59 Å². The Hall–Kier alpha value is -2.45. The zero-order valence-corrected chi connectivity index (χ0v) is 12.0. The van der Waals surface area contributed by atoms with Crippen LogP contribution in [0.4, 0.5) is 0 Å². The number of carbonyl (C=O) groups is 2. The van der Waals surface area contributed by atoms with Crippen LogP contribution >= 0.6 is 11.3 Å². The Bertz CT molecular complexity index is 740. The number of ketones is 1. The van der Waals surface area contributed by atoms with Gasteiger partial charge in [-0.05, 0) is 18.1 Å². The van der Waals surface area contributed by atoms with Crippen LogP contribution in [-0.4, -0.2) is 34.7 Å². The number of hydrogen-bond donors (Lipinski definition) is 0. The molecule has 0 bridgehead atoms. The van der Waals surface area contributed by atoms with Crippen LogP contribution in [0.5, 0.6) is 0 Å². The SMILES string of the molecule is O=C1CCN(C(=O)c2cnc(C#Cc3ccccc3)s2)C1. The van der Waals surface area contributed by atoms with Gasteiger partial charge in [-0.25, -0.2) is 4.98 Å². The minimum absolute atomic E-state index is 0.108. The third kappa shape index (κ3) is 3.18. The first-order valence-electron chi connectivity index (χ1n) is 6.56. The number of rotatable bonds is 1. The fourth-order valence-corrected chi connectivity index (χ4v) is 2.78. The molecule has 1 aromatic heterocycles. The molecule has 1 saturated heterocycles. The fourth-order valence-electron chi connectivity index (χ4n) is 2.04. The molecular weight excluding hydrogens is 284 g/mol. The summed E-state index contributed by atoms with van der Waals surface area (Å²) in [6.07, 6.45) is 1.98. The van der Waals surface area contributed by atoms with Crippen LogP contribution in [0.15, 0.2) is 36.5 Å². The van der Waals surface area contributed by atoms with Crippen molar-refractivity contribution < 1.29 is 9.59 Å². The van der Waals surface area contributed by atoms with Crippen LogP contribution in [0.3, 0.4) is 0 Å². The van der Waals surface area contributed by atoms with Gasteiger partial charge >= 0.3 is 0 Å². The highest BCUT2D eigenvalue weighted by Crippen LogP contribution is 2.17. The molecule has 0 spiro atoms. The average molecular weight is 296 g/mol. The zero-order valence-electron chi connectivity index (χ0n) is 11.2. The monoisotopic (exact) mass is 296 g/mol. The third-order valence-corrected chi connectivity index (χ3v) is 4.02. The molecule has 0 atom stereocenters. The minimum Gasteiger partial charge on any atom is -0.330 e. The lowest BCUT2D eigenvalue weighted by molar-refractivity contribution is -0.116. The van der Waals surface area contributed by atoms with Gasteiger partial charge in [0.05, 0.1) is 12.7 Å². The van der Waals surface area contributed by atoms with E-state index >= 15 is 0 Å². The van der Waals surface area contributed by atoms with Gasteiger partial charge in [0.15, 0.2) is 10.8 Å².